The summed E-state index contributed by atoms with van der Waals surface area (Å²) in [6, 6.07) is 18.7. The molecule has 0 aromatic heterocycles. The zero-order valence-electron chi connectivity index (χ0n) is 14.5. The molecule has 0 bridgehead atoms. The van der Waals surface area contributed by atoms with E-state index in [4.69, 9.17) is 9.47 Å². The Bertz CT molecular complexity index is 556. The number of hydrogen-bond donors (Lipinski definition) is 0. The average molecular weight is 312 g/mol. The van der Waals surface area contributed by atoms with Crippen molar-refractivity contribution in [2.24, 2.45) is 0 Å². The Hall–Kier alpha value is -1.64. The Morgan fingerprint density at radius 1 is 0.739 bits per heavy atom. The molecule has 2 heteroatoms. The van der Waals surface area contributed by atoms with Crippen molar-refractivity contribution in [1.29, 1.82) is 0 Å². The standard InChI is InChI=1S/C21H28O2/c1-4-5-6-8-11-18-14-16-20(17-15-18)21(22-2,23-3)19-12-9-7-10-13-19/h7,9-10,12-17H,4-6,8,11H2,1-3H3. The van der Waals surface area contributed by atoms with Gasteiger partial charge in [-0.2, -0.15) is 0 Å². The topological polar surface area (TPSA) is 18.5 Å². The molecule has 0 N–H and O–H groups in total. The van der Waals surface area contributed by atoms with Gasteiger partial charge in [-0.3, -0.25) is 0 Å². The fourth-order valence-electron chi connectivity index (χ4n) is 3.03. The van der Waals surface area contributed by atoms with Crippen LogP contribution in [0.25, 0.3) is 0 Å². The van der Waals surface area contributed by atoms with Gasteiger partial charge in [-0.25, -0.2) is 0 Å². The van der Waals surface area contributed by atoms with Gasteiger partial charge in [0.15, 0.2) is 0 Å². The first kappa shape index (κ1) is 17.7. The zero-order valence-corrected chi connectivity index (χ0v) is 14.5. The van der Waals surface area contributed by atoms with E-state index in [9.17, 15) is 0 Å². The maximum absolute atomic E-state index is 5.79. The predicted octanol–water partition coefficient (Wildman–Crippen LogP) is 5.30. The highest BCUT2D eigenvalue weighted by molar-refractivity contribution is 5.35. The van der Waals surface area contributed by atoms with Crippen LogP contribution >= 0.6 is 0 Å². The van der Waals surface area contributed by atoms with Crippen molar-refractivity contribution >= 4 is 0 Å². The maximum atomic E-state index is 5.79. The van der Waals surface area contributed by atoms with E-state index in [2.05, 4.69) is 31.2 Å². The van der Waals surface area contributed by atoms with Crippen LogP contribution in [0.3, 0.4) is 0 Å². The van der Waals surface area contributed by atoms with E-state index >= 15 is 0 Å². The van der Waals surface area contributed by atoms with Crippen LogP contribution in [-0.2, 0) is 21.7 Å². The van der Waals surface area contributed by atoms with Crippen LogP contribution in [-0.4, -0.2) is 14.2 Å². The van der Waals surface area contributed by atoms with Gasteiger partial charge in [0, 0.05) is 25.3 Å². The van der Waals surface area contributed by atoms with Crippen molar-refractivity contribution in [3.05, 3.63) is 71.3 Å². The third-order valence-corrected chi connectivity index (χ3v) is 4.38. The van der Waals surface area contributed by atoms with Gasteiger partial charge in [0.1, 0.15) is 0 Å². The Balaban J connectivity index is 2.17. The quantitative estimate of drug-likeness (QED) is 0.462. The van der Waals surface area contributed by atoms with Gasteiger partial charge in [0.2, 0.25) is 5.79 Å². The number of aryl methyl sites for hydroxylation is 1. The Kier molecular flexibility index (Phi) is 6.82. The summed E-state index contributed by atoms with van der Waals surface area (Å²) in [6.07, 6.45) is 6.30. The maximum Gasteiger partial charge on any atom is 0.221 e. The minimum Gasteiger partial charge on any atom is -0.346 e. The fraction of sp³-hybridized carbons (Fsp3) is 0.429. The minimum absolute atomic E-state index is 0.845. The predicted molar refractivity (Wildman–Crippen MR) is 95.5 cm³/mol. The summed E-state index contributed by atoms with van der Waals surface area (Å²) < 4.78 is 11.6. The summed E-state index contributed by atoms with van der Waals surface area (Å²) in [5.41, 5.74) is 3.39. The molecule has 2 nitrogen and oxygen atoms in total. The lowest BCUT2D eigenvalue weighted by Crippen LogP contribution is -2.32. The monoisotopic (exact) mass is 312 g/mol. The summed E-state index contributed by atoms with van der Waals surface area (Å²) in [5, 5.41) is 0. The molecule has 2 rings (SSSR count). The van der Waals surface area contributed by atoms with E-state index in [1.54, 1.807) is 14.2 Å². The third kappa shape index (κ3) is 4.21. The van der Waals surface area contributed by atoms with E-state index in [0.29, 0.717) is 0 Å². The largest absolute Gasteiger partial charge is 0.346 e. The first-order valence-electron chi connectivity index (χ1n) is 8.52. The van der Waals surface area contributed by atoms with E-state index in [-0.39, 0.29) is 0 Å². The molecule has 0 aliphatic carbocycles. The summed E-state index contributed by atoms with van der Waals surface area (Å²) in [7, 11) is 3.38. The van der Waals surface area contributed by atoms with Crippen LogP contribution in [0.2, 0.25) is 0 Å². The van der Waals surface area contributed by atoms with Crippen molar-refractivity contribution in [2.75, 3.05) is 14.2 Å². The van der Waals surface area contributed by atoms with Crippen LogP contribution in [0.15, 0.2) is 54.6 Å². The van der Waals surface area contributed by atoms with Crippen molar-refractivity contribution < 1.29 is 9.47 Å². The van der Waals surface area contributed by atoms with Crippen molar-refractivity contribution in [3.63, 3.8) is 0 Å². The molecule has 0 fully saturated rings. The van der Waals surface area contributed by atoms with Crippen LogP contribution in [0.5, 0.6) is 0 Å². The first-order valence-corrected chi connectivity index (χ1v) is 8.52. The molecular weight excluding hydrogens is 284 g/mol. The van der Waals surface area contributed by atoms with Crippen LogP contribution in [0, 0.1) is 0 Å². The molecule has 0 aliphatic heterocycles. The van der Waals surface area contributed by atoms with Gasteiger partial charge in [-0.1, -0.05) is 80.8 Å². The Morgan fingerprint density at radius 2 is 1.35 bits per heavy atom. The van der Waals surface area contributed by atoms with Gasteiger partial charge >= 0.3 is 0 Å². The number of benzene rings is 2. The lowest BCUT2D eigenvalue weighted by Gasteiger charge is -2.32. The Labute approximate surface area is 140 Å². The molecule has 0 unspecified atom stereocenters. The van der Waals surface area contributed by atoms with Crippen molar-refractivity contribution in [2.45, 2.75) is 44.8 Å². The molecule has 0 saturated carbocycles. The molecule has 2 aromatic carbocycles. The highest BCUT2D eigenvalue weighted by atomic mass is 16.7. The lowest BCUT2D eigenvalue weighted by atomic mass is 9.95. The number of methoxy groups -OCH3 is 2. The molecule has 0 atom stereocenters. The minimum atomic E-state index is -0.845. The molecule has 0 radical (unpaired) electrons. The van der Waals surface area contributed by atoms with Crippen molar-refractivity contribution in [3.8, 4) is 0 Å². The zero-order chi connectivity index (χ0) is 16.5. The highest BCUT2D eigenvalue weighted by Crippen LogP contribution is 2.34. The summed E-state index contributed by atoms with van der Waals surface area (Å²) >= 11 is 0. The van der Waals surface area contributed by atoms with Gasteiger partial charge < -0.3 is 9.47 Å². The van der Waals surface area contributed by atoms with Gasteiger partial charge in [-0.15, -0.1) is 0 Å². The molecule has 124 valence electrons. The van der Waals surface area contributed by atoms with E-state index < -0.39 is 5.79 Å². The number of rotatable bonds is 9. The normalized spacial score (nSPS) is 11.6. The number of ether oxygens (including phenoxy) is 2. The lowest BCUT2D eigenvalue weighted by molar-refractivity contribution is -0.183. The highest BCUT2D eigenvalue weighted by Gasteiger charge is 2.34. The SMILES string of the molecule is CCCCCCc1ccc(C(OC)(OC)c2ccccc2)cc1. The molecule has 0 spiro atoms. The Morgan fingerprint density at radius 3 is 1.91 bits per heavy atom. The molecule has 0 amide bonds. The second kappa shape index (κ2) is 8.85. The fourth-order valence-corrected chi connectivity index (χ4v) is 3.03. The van der Waals surface area contributed by atoms with E-state index in [1.165, 1.54) is 31.2 Å². The summed E-state index contributed by atoms with van der Waals surface area (Å²) in [4.78, 5) is 0. The van der Waals surface area contributed by atoms with E-state index in [0.717, 1.165) is 17.5 Å². The van der Waals surface area contributed by atoms with Crippen LogP contribution in [0.4, 0.5) is 0 Å². The van der Waals surface area contributed by atoms with Crippen LogP contribution < -0.4 is 0 Å². The molecule has 2 aromatic rings. The first-order chi connectivity index (χ1) is 11.3. The molecule has 0 heterocycles. The summed E-state index contributed by atoms with van der Waals surface area (Å²) in [5.74, 6) is -0.845. The van der Waals surface area contributed by atoms with Crippen molar-refractivity contribution in [1.82, 2.24) is 0 Å². The third-order valence-electron chi connectivity index (χ3n) is 4.38. The molecule has 0 aliphatic rings. The molecule has 0 saturated heterocycles. The van der Waals surface area contributed by atoms with Gasteiger partial charge in [0.25, 0.3) is 0 Å². The number of unbranched alkanes of at least 4 members (excludes halogenated alkanes) is 3. The van der Waals surface area contributed by atoms with Gasteiger partial charge in [-0.05, 0) is 18.4 Å². The van der Waals surface area contributed by atoms with Gasteiger partial charge in [0.05, 0.1) is 0 Å². The summed E-state index contributed by atoms with van der Waals surface area (Å²) in [6.45, 7) is 2.24. The molecular formula is C21H28O2. The second-order valence-electron chi connectivity index (χ2n) is 5.90. The van der Waals surface area contributed by atoms with E-state index in [1.807, 2.05) is 30.3 Å². The second-order valence-corrected chi connectivity index (χ2v) is 5.90. The molecule has 23 heavy (non-hydrogen) atoms. The van der Waals surface area contributed by atoms with Crippen LogP contribution in [0.1, 0.15) is 49.3 Å². The smallest absolute Gasteiger partial charge is 0.221 e. The number of hydrogen-bond acceptors (Lipinski definition) is 2. The average Bonchev–Trinajstić information content (AvgIpc) is 2.62.